The van der Waals surface area contributed by atoms with E-state index in [2.05, 4.69) is 6.92 Å². The van der Waals surface area contributed by atoms with Crippen molar-refractivity contribution in [2.24, 2.45) is 29.6 Å². The molecule has 2 aliphatic carbocycles. The number of rotatable bonds is 10. The maximum absolute atomic E-state index is 13.1. The predicted molar refractivity (Wildman–Crippen MR) is 125 cm³/mol. The van der Waals surface area contributed by atoms with Gasteiger partial charge in [0.1, 0.15) is 12.2 Å². The predicted octanol–water partition coefficient (Wildman–Crippen LogP) is 4.99. The van der Waals surface area contributed by atoms with Gasteiger partial charge in [-0.3, -0.25) is 9.59 Å². The molecule has 7 heteroatoms. The number of fused-ring (bicyclic) bond motifs is 1. The van der Waals surface area contributed by atoms with Crippen LogP contribution in [-0.2, 0) is 19.1 Å². The summed E-state index contributed by atoms with van der Waals surface area (Å²) in [6.07, 6.45) is 2.33. The van der Waals surface area contributed by atoms with Gasteiger partial charge >= 0.3 is 11.9 Å². The summed E-state index contributed by atoms with van der Waals surface area (Å²) in [6, 6.07) is 0. The topological polar surface area (TPSA) is 113 Å². The van der Waals surface area contributed by atoms with Crippen LogP contribution in [0.4, 0.5) is 0 Å². The molecule has 0 saturated heterocycles. The molecule has 0 radical (unpaired) electrons. The molecule has 5 unspecified atom stereocenters. The van der Waals surface area contributed by atoms with E-state index >= 15 is 0 Å². The highest BCUT2D eigenvalue weighted by Gasteiger charge is 2.50. The van der Waals surface area contributed by atoms with E-state index in [-0.39, 0.29) is 42.1 Å². The van der Waals surface area contributed by atoms with Crippen LogP contribution in [0, 0.1) is 29.6 Å². The van der Waals surface area contributed by atoms with Gasteiger partial charge in [0, 0.05) is 18.4 Å². The largest absolute Gasteiger partial charge is 0.512 e. The average molecular weight is 467 g/mol. The Bertz CT molecular complexity index is 744. The van der Waals surface area contributed by atoms with Crippen LogP contribution in [0.15, 0.2) is 23.2 Å². The molecule has 0 aromatic carbocycles. The molecule has 0 aliphatic heterocycles. The minimum absolute atomic E-state index is 0.0136. The van der Waals surface area contributed by atoms with Crippen LogP contribution >= 0.6 is 0 Å². The van der Waals surface area contributed by atoms with E-state index in [9.17, 15) is 24.9 Å². The number of aliphatic hydroxyl groups excluding tert-OH is 3. The molecular formula is C26H42O7. The van der Waals surface area contributed by atoms with Gasteiger partial charge in [-0.1, -0.05) is 60.8 Å². The Morgan fingerprint density at radius 2 is 1.67 bits per heavy atom. The number of unbranched alkanes of at least 4 members (excludes halogenated alkanes) is 3. The highest BCUT2D eigenvalue weighted by Crippen LogP contribution is 2.44. The Labute approximate surface area is 197 Å². The van der Waals surface area contributed by atoms with Crippen LogP contribution in [-0.4, -0.2) is 45.6 Å². The molecule has 188 valence electrons. The zero-order valence-electron chi connectivity index (χ0n) is 20.9. The van der Waals surface area contributed by atoms with Gasteiger partial charge in [0.15, 0.2) is 0 Å². The molecule has 2 aliphatic rings. The molecule has 0 aromatic heterocycles. The molecule has 7 nitrogen and oxygen atoms in total. The summed E-state index contributed by atoms with van der Waals surface area (Å²) >= 11 is 0. The quantitative estimate of drug-likeness (QED) is 0.307. The van der Waals surface area contributed by atoms with E-state index in [0.29, 0.717) is 12.0 Å². The van der Waals surface area contributed by atoms with Crippen LogP contribution < -0.4 is 0 Å². The van der Waals surface area contributed by atoms with E-state index in [1.807, 2.05) is 27.7 Å². The molecule has 0 fully saturated rings. The minimum atomic E-state index is -1.14. The van der Waals surface area contributed by atoms with Crippen molar-refractivity contribution < 1.29 is 34.4 Å². The summed E-state index contributed by atoms with van der Waals surface area (Å²) in [6.45, 7) is 11.6. The summed E-state index contributed by atoms with van der Waals surface area (Å²) in [7, 11) is 0. The van der Waals surface area contributed by atoms with Gasteiger partial charge in [0.25, 0.3) is 0 Å². The molecule has 3 N–H and O–H groups in total. The Hall–Kier alpha value is -2.02. The van der Waals surface area contributed by atoms with Crippen molar-refractivity contribution in [1.29, 1.82) is 0 Å². The van der Waals surface area contributed by atoms with Crippen molar-refractivity contribution in [3.63, 3.8) is 0 Å². The zero-order chi connectivity index (χ0) is 24.9. The third-order valence-electron chi connectivity index (χ3n) is 6.91. The third kappa shape index (κ3) is 6.52. The van der Waals surface area contributed by atoms with E-state index in [4.69, 9.17) is 9.47 Å². The van der Waals surface area contributed by atoms with Crippen LogP contribution in [0.3, 0.4) is 0 Å². The van der Waals surface area contributed by atoms with Crippen molar-refractivity contribution in [3.05, 3.63) is 23.2 Å². The average Bonchev–Trinajstić information content (AvgIpc) is 2.71. The first-order valence-electron chi connectivity index (χ1n) is 12.4. The van der Waals surface area contributed by atoms with Gasteiger partial charge in [0.2, 0.25) is 0 Å². The SMILES string of the molecule is CCCCCCC(=O)OC1C(C)C(O)=CC2=C(O)CC(O)C(OC(=O)C(C(C)C)C(C)C)C21. The first kappa shape index (κ1) is 27.2. The number of carbonyl (C=O) groups is 2. The van der Waals surface area contributed by atoms with Gasteiger partial charge in [0.05, 0.1) is 35.4 Å². The molecular weight excluding hydrogens is 424 g/mol. The summed E-state index contributed by atoms with van der Waals surface area (Å²) in [5.74, 6) is -2.51. The number of aliphatic hydroxyl groups is 3. The number of esters is 2. The molecule has 0 saturated carbocycles. The number of ether oxygens (including phenoxy) is 2. The number of hydrogen-bond acceptors (Lipinski definition) is 7. The standard InChI is InChI=1S/C26H42O7/c1-7-8-9-10-11-21(30)32-24-16(6)18(27)12-17-19(28)13-20(29)25(23(17)24)33-26(31)22(14(2)3)15(4)5/h12,14-16,20,22-25,27-29H,7-11,13H2,1-6H3. The van der Waals surface area contributed by atoms with Gasteiger partial charge in [-0.15, -0.1) is 0 Å². The first-order valence-corrected chi connectivity index (χ1v) is 12.4. The Morgan fingerprint density at radius 3 is 2.24 bits per heavy atom. The van der Waals surface area contributed by atoms with E-state index < -0.39 is 42.1 Å². The second-order valence-electron chi connectivity index (χ2n) is 10.2. The van der Waals surface area contributed by atoms with Crippen LogP contribution in [0.25, 0.3) is 0 Å². The van der Waals surface area contributed by atoms with E-state index in [1.165, 1.54) is 6.08 Å². The number of carbonyl (C=O) groups excluding carboxylic acids is 2. The minimum Gasteiger partial charge on any atom is -0.512 e. The molecule has 0 heterocycles. The lowest BCUT2D eigenvalue weighted by Gasteiger charge is -2.44. The van der Waals surface area contributed by atoms with Crippen LogP contribution in [0.5, 0.6) is 0 Å². The lowest BCUT2D eigenvalue weighted by Crippen LogP contribution is -2.52. The summed E-state index contributed by atoms with van der Waals surface area (Å²) < 4.78 is 11.7. The number of allylic oxidation sites excluding steroid dienone is 1. The van der Waals surface area contributed by atoms with Crippen molar-refractivity contribution in [3.8, 4) is 0 Å². The zero-order valence-corrected chi connectivity index (χ0v) is 20.9. The molecule has 5 atom stereocenters. The molecule has 2 rings (SSSR count). The highest BCUT2D eigenvalue weighted by molar-refractivity contribution is 5.73. The van der Waals surface area contributed by atoms with Crippen molar-refractivity contribution in [1.82, 2.24) is 0 Å². The molecule has 0 amide bonds. The Morgan fingerprint density at radius 1 is 1.03 bits per heavy atom. The maximum atomic E-state index is 13.1. The summed E-state index contributed by atoms with van der Waals surface area (Å²) in [5, 5.41) is 31.8. The monoisotopic (exact) mass is 466 g/mol. The molecule has 0 aromatic rings. The Balaban J connectivity index is 2.32. The van der Waals surface area contributed by atoms with Crippen molar-refractivity contribution >= 4 is 11.9 Å². The molecule has 0 spiro atoms. The lowest BCUT2D eigenvalue weighted by molar-refractivity contribution is -0.178. The lowest BCUT2D eigenvalue weighted by atomic mass is 9.71. The molecule has 0 bridgehead atoms. The maximum Gasteiger partial charge on any atom is 0.309 e. The van der Waals surface area contributed by atoms with E-state index in [1.54, 1.807) is 6.92 Å². The fraction of sp³-hybridized carbons (Fsp3) is 0.769. The van der Waals surface area contributed by atoms with Crippen LogP contribution in [0.2, 0.25) is 0 Å². The van der Waals surface area contributed by atoms with Crippen molar-refractivity contribution in [2.75, 3.05) is 0 Å². The summed E-state index contributed by atoms with van der Waals surface area (Å²) in [4.78, 5) is 25.7. The highest BCUT2D eigenvalue weighted by atomic mass is 16.6. The number of hydrogen-bond donors (Lipinski definition) is 3. The first-order chi connectivity index (χ1) is 15.5. The summed E-state index contributed by atoms with van der Waals surface area (Å²) in [5.41, 5.74) is 0.350. The van der Waals surface area contributed by atoms with Gasteiger partial charge < -0.3 is 24.8 Å². The van der Waals surface area contributed by atoms with Gasteiger partial charge in [-0.25, -0.2) is 0 Å². The second-order valence-corrected chi connectivity index (χ2v) is 10.2. The second kappa shape index (κ2) is 11.9. The Kier molecular flexibility index (Phi) is 9.83. The smallest absolute Gasteiger partial charge is 0.309 e. The fourth-order valence-corrected chi connectivity index (χ4v) is 5.12. The third-order valence-corrected chi connectivity index (χ3v) is 6.91. The fourth-order valence-electron chi connectivity index (χ4n) is 5.12. The molecule has 33 heavy (non-hydrogen) atoms. The normalized spacial score (nSPS) is 27.6. The van der Waals surface area contributed by atoms with Gasteiger partial charge in [-0.2, -0.15) is 0 Å². The van der Waals surface area contributed by atoms with Crippen molar-refractivity contribution in [2.45, 2.75) is 98.4 Å². The van der Waals surface area contributed by atoms with Crippen LogP contribution in [0.1, 0.15) is 80.1 Å². The van der Waals surface area contributed by atoms with E-state index in [0.717, 1.165) is 19.3 Å². The van der Waals surface area contributed by atoms with Gasteiger partial charge in [-0.05, 0) is 24.3 Å².